The van der Waals surface area contributed by atoms with Crippen molar-refractivity contribution in [2.45, 2.75) is 6.92 Å². The molecule has 4 nitrogen and oxygen atoms in total. The summed E-state index contributed by atoms with van der Waals surface area (Å²) >= 11 is 5.98. The molecule has 0 saturated carbocycles. The third kappa shape index (κ3) is 3.27. The molecule has 1 amide bonds. The lowest BCUT2D eigenvalue weighted by Gasteiger charge is -2.05. The van der Waals surface area contributed by atoms with Crippen LogP contribution in [0, 0.1) is 6.92 Å². The van der Waals surface area contributed by atoms with Crippen LogP contribution in [0.25, 0.3) is 6.08 Å². The first kappa shape index (κ1) is 15.3. The van der Waals surface area contributed by atoms with E-state index in [2.05, 4.69) is 10.3 Å². The van der Waals surface area contributed by atoms with Gasteiger partial charge in [0.15, 0.2) is 0 Å². The number of carbonyl (C=O) groups excluding carboxylic acids is 1. The molecule has 23 heavy (non-hydrogen) atoms. The van der Waals surface area contributed by atoms with Gasteiger partial charge >= 0.3 is 0 Å². The third-order valence-corrected chi connectivity index (χ3v) is 3.71. The fourth-order valence-corrected chi connectivity index (χ4v) is 2.55. The first-order valence-corrected chi connectivity index (χ1v) is 7.47. The normalized spacial score (nSPS) is 15.5. The van der Waals surface area contributed by atoms with Crippen molar-refractivity contribution < 1.29 is 9.53 Å². The highest BCUT2D eigenvalue weighted by atomic mass is 35.5. The minimum Gasteiger partial charge on any atom is -0.496 e. The molecule has 5 heteroatoms. The lowest BCUT2D eigenvalue weighted by molar-refractivity contribution is -0.115. The Kier molecular flexibility index (Phi) is 4.17. The molecule has 3 rings (SSSR count). The van der Waals surface area contributed by atoms with Crippen LogP contribution in [0.1, 0.15) is 16.7 Å². The number of aryl methyl sites for hydroxylation is 1. The van der Waals surface area contributed by atoms with Crippen LogP contribution in [0.2, 0.25) is 5.02 Å². The maximum atomic E-state index is 12.2. The van der Waals surface area contributed by atoms with Gasteiger partial charge in [-0.1, -0.05) is 35.4 Å². The Labute approximate surface area is 139 Å². The fourth-order valence-electron chi connectivity index (χ4n) is 2.35. The first-order chi connectivity index (χ1) is 11.1. The van der Waals surface area contributed by atoms with Gasteiger partial charge in [-0.25, -0.2) is 4.99 Å². The average Bonchev–Trinajstić information content (AvgIpc) is 2.89. The molecule has 1 aliphatic heterocycles. The molecule has 0 saturated heterocycles. The zero-order valence-electron chi connectivity index (χ0n) is 12.8. The number of halogens is 1. The summed E-state index contributed by atoms with van der Waals surface area (Å²) < 4.78 is 5.33. The van der Waals surface area contributed by atoms with E-state index < -0.39 is 0 Å². The fraction of sp³-hybridized carbons (Fsp3) is 0.111. The number of amidine groups is 1. The van der Waals surface area contributed by atoms with Gasteiger partial charge in [0.25, 0.3) is 5.91 Å². The van der Waals surface area contributed by atoms with Gasteiger partial charge in [-0.2, -0.15) is 0 Å². The number of methoxy groups -OCH3 is 1. The van der Waals surface area contributed by atoms with E-state index >= 15 is 0 Å². The van der Waals surface area contributed by atoms with Gasteiger partial charge in [-0.15, -0.1) is 0 Å². The Balaban J connectivity index is 2.00. The largest absolute Gasteiger partial charge is 0.496 e. The SMILES string of the molecule is COc1ccc(C)cc1/C=C1/N=C(c2cccc(Cl)c2)NC1=O. The number of amides is 1. The maximum absolute atomic E-state index is 12.2. The molecule has 0 fully saturated rings. The molecule has 0 bridgehead atoms. The highest BCUT2D eigenvalue weighted by Gasteiger charge is 2.21. The number of benzene rings is 2. The van der Waals surface area contributed by atoms with Crippen molar-refractivity contribution in [1.82, 2.24) is 5.32 Å². The van der Waals surface area contributed by atoms with Crippen LogP contribution in [0.3, 0.4) is 0 Å². The molecular formula is C18H15ClN2O2. The van der Waals surface area contributed by atoms with Crippen LogP contribution in [0.5, 0.6) is 5.75 Å². The highest BCUT2D eigenvalue weighted by Crippen LogP contribution is 2.24. The van der Waals surface area contributed by atoms with Crippen LogP contribution in [0.4, 0.5) is 0 Å². The number of ether oxygens (including phenoxy) is 1. The summed E-state index contributed by atoms with van der Waals surface area (Å²) in [5.74, 6) is 0.946. The van der Waals surface area contributed by atoms with Gasteiger partial charge in [-0.05, 0) is 37.3 Å². The number of hydrogen-bond acceptors (Lipinski definition) is 3. The van der Waals surface area contributed by atoms with E-state index in [9.17, 15) is 4.79 Å². The van der Waals surface area contributed by atoms with Crippen molar-refractivity contribution in [2.24, 2.45) is 4.99 Å². The number of nitrogens with zero attached hydrogens (tertiary/aromatic N) is 1. The molecule has 0 aromatic heterocycles. The van der Waals surface area contributed by atoms with E-state index in [0.717, 1.165) is 16.7 Å². The van der Waals surface area contributed by atoms with Crippen molar-refractivity contribution in [2.75, 3.05) is 7.11 Å². The molecule has 0 radical (unpaired) electrons. The second-order valence-electron chi connectivity index (χ2n) is 5.20. The number of aliphatic imine (C=N–C) groups is 1. The number of nitrogens with one attached hydrogen (secondary N) is 1. The zero-order valence-corrected chi connectivity index (χ0v) is 13.5. The lowest BCUT2D eigenvalue weighted by Crippen LogP contribution is -2.24. The van der Waals surface area contributed by atoms with Crippen LogP contribution in [-0.4, -0.2) is 18.9 Å². The molecule has 1 heterocycles. The van der Waals surface area contributed by atoms with Crippen molar-refractivity contribution in [3.05, 3.63) is 69.9 Å². The molecule has 2 aromatic rings. The van der Waals surface area contributed by atoms with E-state index in [-0.39, 0.29) is 5.91 Å². The van der Waals surface area contributed by atoms with E-state index in [1.54, 1.807) is 25.3 Å². The van der Waals surface area contributed by atoms with E-state index in [4.69, 9.17) is 16.3 Å². The molecule has 1 N–H and O–H groups in total. The predicted molar refractivity (Wildman–Crippen MR) is 91.8 cm³/mol. The Morgan fingerprint density at radius 1 is 1.22 bits per heavy atom. The van der Waals surface area contributed by atoms with Crippen LogP contribution >= 0.6 is 11.6 Å². The van der Waals surface area contributed by atoms with Gasteiger partial charge in [0.1, 0.15) is 17.3 Å². The van der Waals surface area contributed by atoms with Gasteiger partial charge in [0.05, 0.1) is 7.11 Å². The van der Waals surface area contributed by atoms with Crippen LogP contribution in [-0.2, 0) is 4.79 Å². The smallest absolute Gasteiger partial charge is 0.275 e. The van der Waals surface area contributed by atoms with Crippen molar-refractivity contribution in [1.29, 1.82) is 0 Å². The third-order valence-electron chi connectivity index (χ3n) is 3.47. The summed E-state index contributed by atoms with van der Waals surface area (Å²) in [6, 6.07) is 13.0. The minimum absolute atomic E-state index is 0.247. The van der Waals surface area contributed by atoms with Gasteiger partial charge in [0.2, 0.25) is 0 Å². The topological polar surface area (TPSA) is 50.7 Å². The number of carbonyl (C=O) groups is 1. The van der Waals surface area contributed by atoms with E-state index in [1.807, 2.05) is 37.3 Å². The Morgan fingerprint density at radius 2 is 2.04 bits per heavy atom. The molecule has 0 aliphatic carbocycles. The van der Waals surface area contributed by atoms with E-state index in [0.29, 0.717) is 22.3 Å². The number of rotatable bonds is 3. The van der Waals surface area contributed by atoms with Crippen molar-refractivity contribution >= 4 is 29.4 Å². The molecule has 1 aliphatic rings. The molecule has 0 unspecified atom stereocenters. The number of hydrogen-bond donors (Lipinski definition) is 1. The molecule has 116 valence electrons. The monoisotopic (exact) mass is 326 g/mol. The minimum atomic E-state index is -0.247. The molecule has 0 spiro atoms. The zero-order chi connectivity index (χ0) is 16.4. The van der Waals surface area contributed by atoms with E-state index in [1.165, 1.54) is 0 Å². The second-order valence-corrected chi connectivity index (χ2v) is 5.64. The molecule has 2 aromatic carbocycles. The summed E-state index contributed by atoms with van der Waals surface area (Å²) in [5, 5.41) is 3.36. The standard InChI is InChI=1S/C18H15ClN2O2/c1-11-6-7-16(23-2)13(8-11)10-15-18(22)21-17(20-15)12-4-3-5-14(19)9-12/h3-10H,1-2H3,(H,20,21,22)/b15-10+. The second kappa shape index (κ2) is 6.26. The van der Waals surface area contributed by atoms with Crippen LogP contribution in [0.15, 0.2) is 53.2 Å². The molecular weight excluding hydrogens is 312 g/mol. The molecule has 0 atom stereocenters. The summed E-state index contributed by atoms with van der Waals surface area (Å²) in [6.45, 7) is 1.98. The van der Waals surface area contributed by atoms with Gasteiger partial charge in [-0.3, -0.25) is 4.79 Å². The summed E-state index contributed by atoms with van der Waals surface area (Å²) in [6.07, 6.45) is 1.72. The Morgan fingerprint density at radius 3 is 2.78 bits per heavy atom. The van der Waals surface area contributed by atoms with Crippen molar-refractivity contribution in [3.63, 3.8) is 0 Å². The highest BCUT2D eigenvalue weighted by molar-refractivity contribution is 6.31. The Hall–Kier alpha value is -2.59. The maximum Gasteiger partial charge on any atom is 0.275 e. The average molecular weight is 327 g/mol. The van der Waals surface area contributed by atoms with Crippen molar-refractivity contribution in [3.8, 4) is 5.75 Å². The quantitative estimate of drug-likeness (QED) is 0.877. The van der Waals surface area contributed by atoms with Gasteiger partial charge < -0.3 is 10.1 Å². The Bertz CT molecular complexity index is 841. The predicted octanol–water partition coefficient (Wildman–Crippen LogP) is 3.57. The van der Waals surface area contributed by atoms with Crippen LogP contribution < -0.4 is 10.1 Å². The lowest BCUT2D eigenvalue weighted by atomic mass is 10.1. The summed E-state index contributed by atoms with van der Waals surface area (Å²) in [7, 11) is 1.60. The first-order valence-electron chi connectivity index (χ1n) is 7.09. The summed E-state index contributed by atoms with van der Waals surface area (Å²) in [5.41, 5.74) is 3.00. The van der Waals surface area contributed by atoms with Gasteiger partial charge in [0, 0.05) is 16.1 Å². The summed E-state index contributed by atoms with van der Waals surface area (Å²) in [4.78, 5) is 16.5.